The fourth-order valence-electron chi connectivity index (χ4n) is 1.73. The van der Waals surface area contributed by atoms with Gasteiger partial charge in [-0.2, -0.15) is 0 Å². The molecule has 17 heavy (non-hydrogen) atoms. The number of nitrogens with zero attached hydrogens (tertiary/aromatic N) is 1. The lowest BCUT2D eigenvalue weighted by Gasteiger charge is -2.19. The van der Waals surface area contributed by atoms with Crippen molar-refractivity contribution in [2.24, 2.45) is 0 Å². The van der Waals surface area contributed by atoms with Crippen molar-refractivity contribution in [3.8, 4) is 0 Å². The summed E-state index contributed by atoms with van der Waals surface area (Å²) in [6.07, 6.45) is 0.965. The maximum Gasteiger partial charge on any atom is 0.253 e. The van der Waals surface area contributed by atoms with Gasteiger partial charge in [-0.15, -0.1) is 0 Å². The van der Waals surface area contributed by atoms with Gasteiger partial charge in [-0.25, -0.2) is 0 Å². The van der Waals surface area contributed by atoms with Crippen LogP contribution in [-0.4, -0.2) is 29.2 Å². The van der Waals surface area contributed by atoms with Crippen molar-refractivity contribution in [3.63, 3.8) is 0 Å². The van der Waals surface area contributed by atoms with Crippen LogP contribution in [0.4, 0.5) is 0 Å². The minimum Gasteiger partial charge on any atom is -0.342 e. The van der Waals surface area contributed by atoms with Crippen LogP contribution >= 0.6 is 15.9 Å². The zero-order valence-electron chi connectivity index (χ0n) is 11.0. The van der Waals surface area contributed by atoms with Gasteiger partial charge < -0.3 is 4.90 Å². The van der Waals surface area contributed by atoms with Gasteiger partial charge in [0.1, 0.15) is 0 Å². The highest BCUT2D eigenvalue weighted by Gasteiger charge is 2.14. The van der Waals surface area contributed by atoms with Gasteiger partial charge in [0.25, 0.3) is 5.91 Å². The Balaban J connectivity index is 2.75. The van der Waals surface area contributed by atoms with Gasteiger partial charge in [0.2, 0.25) is 0 Å². The van der Waals surface area contributed by atoms with Crippen LogP contribution in [0.15, 0.2) is 18.2 Å². The number of carbonyl (C=O) groups excluding carboxylic acids is 1. The third-order valence-electron chi connectivity index (χ3n) is 2.82. The van der Waals surface area contributed by atoms with Crippen LogP contribution in [0.2, 0.25) is 0 Å². The summed E-state index contributed by atoms with van der Waals surface area (Å²) in [7, 11) is 1.86. The Morgan fingerprint density at radius 2 is 2.06 bits per heavy atom. The molecule has 0 radical (unpaired) electrons. The molecule has 3 heteroatoms. The summed E-state index contributed by atoms with van der Waals surface area (Å²) >= 11 is 3.49. The van der Waals surface area contributed by atoms with Gasteiger partial charge in [-0.1, -0.05) is 40.5 Å². The van der Waals surface area contributed by atoms with Crippen LogP contribution in [0.25, 0.3) is 0 Å². The smallest absolute Gasteiger partial charge is 0.253 e. The topological polar surface area (TPSA) is 20.3 Å². The predicted octanol–water partition coefficient (Wildman–Crippen LogP) is 3.55. The second kappa shape index (κ2) is 6.20. The average Bonchev–Trinajstić information content (AvgIpc) is 2.25. The number of carbonyl (C=O) groups is 1. The molecule has 1 aromatic carbocycles. The number of rotatable bonds is 4. The van der Waals surface area contributed by atoms with Crippen LogP contribution in [0.1, 0.15) is 34.8 Å². The first-order valence-corrected chi connectivity index (χ1v) is 6.80. The van der Waals surface area contributed by atoms with Gasteiger partial charge in [0.15, 0.2) is 0 Å². The molecule has 1 amide bonds. The van der Waals surface area contributed by atoms with Crippen LogP contribution in [0, 0.1) is 13.8 Å². The van der Waals surface area contributed by atoms with E-state index in [1.54, 1.807) is 4.90 Å². The number of halogens is 1. The largest absolute Gasteiger partial charge is 0.342 e. The highest BCUT2D eigenvalue weighted by Crippen LogP contribution is 2.13. The van der Waals surface area contributed by atoms with Crippen molar-refractivity contribution in [1.29, 1.82) is 0 Å². The van der Waals surface area contributed by atoms with E-state index in [9.17, 15) is 4.79 Å². The van der Waals surface area contributed by atoms with Crippen molar-refractivity contribution in [3.05, 3.63) is 34.9 Å². The summed E-state index contributed by atoms with van der Waals surface area (Å²) in [6, 6.07) is 5.95. The lowest BCUT2D eigenvalue weighted by molar-refractivity contribution is 0.0793. The maximum atomic E-state index is 12.2. The van der Waals surface area contributed by atoms with Crippen molar-refractivity contribution >= 4 is 21.8 Å². The van der Waals surface area contributed by atoms with Crippen LogP contribution in [-0.2, 0) is 0 Å². The van der Waals surface area contributed by atoms with Crippen molar-refractivity contribution in [1.82, 2.24) is 4.90 Å². The Hall–Kier alpha value is -0.830. The van der Waals surface area contributed by atoms with Crippen molar-refractivity contribution in [2.75, 3.05) is 13.6 Å². The Labute approximate surface area is 112 Å². The molecule has 0 fully saturated rings. The molecule has 0 spiro atoms. The Kier molecular flexibility index (Phi) is 5.19. The molecule has 0 saturated carbocycles. The Bertz CT molecular complexity index is 401. The van der Waals surface area contributed by atoms with E-state index >= 15 is 0 Å². The number of amides is 1. The Morgan fingerprint density at radius 3 is 2.59 bits per heavy atom. The van der Waals surface area contributed by atoms with E-state index in [1.165, 1.54) is 5.56 Å². The lowest BCUT2D eigenvalue weighted by atomic mass is 10.0. The Morgan fingerprint density at radius 1 is 1.41 bits per heavy atom. The quantitative estimate of drug-likeness (QED) is 0.778. The number of alkyl halides is 1. The molecule has 1 atom stereocenters. The van der Waals surface area contributed by atoms with E-state index in [2.05, 4.69) is 22.9 Å². The summed E-state index contributed by atoms with van der Waals surface area (Å²) in [4.78, 5) is 14.4. The van der Waals surface area contributed by atoms with Gasteiger partial charge in [-0.05, 0) is 31.9 Å². The van der Waals surface area contributed by atoms with Crippen molar-refractivity contribution in [2.45, 2.75) is 32.0 Å². The molecule has 2 nitrogen and oxygen atoms in total. The highest BCUT2D eigenvalue weighted by atomic mass is 79.9. The molecular weight excluding hydrogens is 278 g/mol. The third kappa shape index (κ3) is 4.15. The predicted molar refractivity (Wildman–Crippen MR) is 75.9 cm³/mol. The maximum absolute atomic E-state index is 12.2. The number of aryl methyl sites for hydroxylation is 2. The molecule has 0 aromatic heterocycles. The summed E-state index contributed by atoms with van der Waals surface area (Å²) in [5.74, 6) is 0.107. The average molecular weight is 298 g/mol. The molecule has 0 bridgehead atoms. The first-order chi connectivity index (χ1) is 7.91. The summed E-state index contributed by atoms with van der Waals surface area (Å²) < 4.78 is 0. The first-order valence-electron chi connectivity index (χ1n) is 5.88. The van der Waals surface area contributed by atoms with Gasteiger partial charge in [0, 0.05) is 24.0 Å². The molecule has 0 aliphatic carbocycles. The molecular formula is C14H20BrNO. The molecule has 1 unspecified atom stereocenters. The zero-order valence-corrected chi connectivity index (χ0v) is 12.5. The summed E-state index contributed by atoms with van der Waals surface area (Å²) in [5.41, 5.74) is 3.05. The minimum absolute atomic E-state index is 0.107. The molecule has 94 valence electrons. The zero-order chi connectivity index (χ0) is 13.0. The van der Waals surface area contributed by atoms with E-state index in [4.69, 9.17) is 0 Å². The van der Waals surface area contributed by atoms with E-state index < -0.39 is 0 Å². The third-order valence-corrected chi connectivity index (χ3v) is 3.28. The molecule has 0 saturated heterocycles. The van der Waals surface area contributed by atoms with Crippen LogP contribution < -0.4 is 0 Å². The standard InChI is InChI=1S/C14H20BrNO/c1-10-5-6-13(11(2)9-10)14(17)16(4)8-7-12(3)15/h5-6,9,12H,7-8H2,1-4H3. The fourth-order valence-corrected chi connectivity index (χ4v) is 1.94. The van der Waals surface area contributed by atoms with Crippen LogP contribution in [0.3, 0.4) is 0 Å². The van der Waals surface area contributed by atoms with Crippen molar-refractivity contribution < 1.29 is 4.79 Å². The molecule has 0 N–H and O–H groups in total. The number of benzene rings is 1. The number of hydrogen-bond acceptors (Lipinski definition) is 1. The van der Waals surface area contributed by atoms with E-state index in [1.807, 2.05) is 39.1 Å². The highest BCUT2D eigenvalue weighted by molar-refractivity contribution is 9.09. The molecule has 0 heterocycles. The monoisotopic (exact) mass is 297 g/mol. The summed E-state index contributed by atoms with van der Waals surface area (Å²) in [6.45, 7) is 6.90. The molecule has 1 aromatic rings. The van der Waals surface area contributed by atoms with E-state index in [-0.39, 0.29) is 5.91 Å². The molecule has 1 rings (SSSR count). The fraction of sp³-hybridized carbons (Fsp3) is 0.500. The van der Waals surface area contributed by atoms with Gasteiger partial charge in [0.05, 0.1) is 0 Å². The minimum atomic E-state index is 0.107. The first kappa shape index (κ1) is 14.2. The lowest BCUT2D eigenvalue weighted by Crippen LogP contribution is -2.29. The van der Waals surface area contributed by atoms with Gasteiger partial charge >= 0.3 is 0 Å². The normalized spacial score (nSPS) is 12.3. The summed E-state index contributed by atoms with van der Waals surface area (Å²) in [5, 5.41) is 0. The van der Waals surface area contributed by atoms with Crippen LogP contribution in [0.5, 0.6) is 0 Å². The van der Waals surface area contributed by atoms with Gasteiger partial charge in [-0.3, -0.25) is 4.79 Å². The molecule has 0 aliphatic heterocycles. The van der Waals surface area contributed by atoms with E-state index in [0.717, 1.165) is 24.1 Å². The van der Waals surface area contributed by atoms with E-state index in [0.29, 0.717) is 4.83 Å². The number of hydrogen-bond donors (Lipinski definition) is 0. The second-order valence-corrected chi connectivity index (χ2v) is 6.18. The molecule has 0 aliphatic rings. The second-order valence-electron chi connectivity index (χ2n) is 4.61. The SMILES string of the molecule is Cc1ccc(C(=O)N(C)CCC(C)Br)c(C)c1.